The maximum Gasteiger partial charge on any atom is 0.270 e. The summed E-state index contributed by atoms with van der Waals surface area (Å²) in [6.07, 6.45) is 1.13. The summed E-state index contributed by atoms with van der Waals surface area (Å²) >= 11 is 1.42. The molecule has 0 spiro atoms. The van der Waals surface area contributed by atoms with Crippen LogP contribution in [0.5, 0.6) is 0 Å². The van der Waals surface area contributed by atoms with Crippen LogP contribution in [-0.4, -0.2) is 24.0 Å². The van der Waals surface area contributed by atoms with Crippen LogP contribution in [0.25, 0.3) is 0 Å². The molecule has 114 valence electrons. The van der Waals surface area contributed by atoms with Gasteiger partial charge in [-0.3, -0.25) is 4.79 Å². The van der Waals surface area contributed by atoms with Crippen LogP contribution in [0.15, 0.2) is 29.6 Å². The van der Waals surface area contributed by atoms with Crippen molar-refractivity contribution in [2.24, 2.45) is 5.73 Å². The van der Waals surface area contributed by atoms with Crippen molar-refractivity contribution < 1.29 is 9.18 Å². The fourth-order valence-electron chi connectivity index (χ4n) is 1.76. The molecule has 1 amide bonds. The molecule has 0 atom stereocenters. The molecule has 2 aromatic rings. The molecule has 0 fully saturated rings. The van der Waals surface area contributed by atoms with E-state index in [0.717, 1.165) is 5.01 Å². The van der Waals surface area contributed by atoms with Crippen molar-refractivity contribution in [2.75, 3.05) is 13.1 Å². The molecule has 1 aromatic heterocycles. The zero-order valence-corrected chi connectivity index (χ0v) is 13.0. The van der Waals surface area contributed by atoms with Crippen molar-refractivity contribution in [1.82, 2.24) is 10.3 Å². The minimum Gasteiger partial charge on any atom is -0.350 e. The van der Waals surface area contributed by atoms with Gasteiger partial charge in [-0.25, -0.2) is 9.37 Å². The Kier molecular flexibility index (Phi) is 7.28. The van der Waals surface area contributed by atoms with Crippen LogP contribution in [0.2, 0.25) is 0 Å². The molecule has 1 heterocycles. The van der Waals surface area contributed by atoms with E-state index in [1.807, 2.05) is 0 Å². The monoisotopic (exact) mass is 329 g/mol. The number of carbonyl (C=O) groups is 1. The Labute approximate surface area is 133 Å². The summed E-state index contributed by atoms with van der Waals surface area (Å²) in [5, 5.41) is 5.30. The van der Waals surface area contributed by atoms with Crippen LogP contribution in [0.3, 0.4) is 0 Å². The van der Waals surface area contributed by atoms with Crippen molar-refractivity contribution in [3.8, 4) is 0 Å². The molecule has 21 heavy (non-hydrogen) atoms. The smallest absolute Gasteiger partial charge is 0.270 e. The van der Waals surface area contributed by atoms with Gasteiger partial charge in [-0.05, 0) is 24.6 Å². The van der Waals surface area contributed by atoms with Gasteiger partial charge in [-0.2, -0.15) is 0 Å². The number of hydrogen-bond donors (Lipinski definition) is 2. The number of halogens is 2. The van der Waals surface area contributed by atoms with E-state index in [1.54, 1.807) is 23.6 Å². The van der Waals surface area contributed by atoms with E-state index in [-0.39, 0.29) is 24.1 Å². The molecule has 4 nitrogen and oxygen atoms in total. The Morgan fingerprint density at radius 1 is 1.33 bits per heavy atom. The first kappa shape index (κ1) is 17.6. The highest BCUT2D eigenvalue weighted by atomic mass is 35.5. The van der Waals surface area contributed by atoms with Crippen LogP contribution < -0.4 is 11.1 Å². The Balaban J connectivity index is 0.00000220. The first-order valence-electron chi connectivity index (χ1n) is 6.37. The van der Waals surface area contributed by atoms with E-state index in [9.17, 15) is 9.18 Å². The molecule has 0 aliphatic rings. The summed E-state index contributed by atoms with van der Waals surface area (Å²) in [4.78, 5) is 16.0. The Bertz CT molecular complexity index is 591. The maximum absolute atomic E-state index is 13.4. The van der Waals surface area contributed by atoms with Gasteiger partial charge in [0.05, 0.1) is 5.01 Å². The lowest BCUT2D eigenvalue weighted by Crippen LogP contribution is -2.26. The normalized spacial score (nSPS) is 10.0. The molecule has 7 heteroatoms. The van der Waals surface area contributed by atoms with E-state index < -0.39 is 0 Å². The third-order valence-corrected chi connectivity index (χ3v) is 3.69. The second-order valence-corrected chi connectivity index (χ2v) is 5.21. The predicted molar refractivity (Wildman–Crippen MR) is 84.6 cm³/mol. The van der Waals surface area contributed by atoms with Gasteiger partial charge in [-0.15, -0.1) is 23.7 Å². The topological polar surface area (TPSA) is 68.0 Å². The van der Waals surface area contributed by atoms with Gasteiger partial charge in [0.25, 0.3) is 5.91 Å². The molecule has 0 aliphatic heterocycles. The zero-order valence-electron chi connectivity index (χ0n) is 11.3. The average Bonchev–Trinajstić information content (AvgIpc) is 2.90. The van der Waals surface area contributed by atoms with E-state index in [1.165, 1.54) is 17.4 Å². The third-order valence-electron chi connectivity index (χ3n) is 2.78. The Morgan fingerprint density at radius 2 is 2.10 bits per heavy atom. The molecule has 2 rings (SSSR count). The summed E-state index contributed by atoms with van der Waals surface area (Å²) in [5.41, 5.74) is 6.42. The minimum atomic E-state index is -0.249. The molecule has 0 saturated heterocycles. The number of nitrogens with zero attached hydrogens (tertiary/aromatic N) is 1. The second-order valence-electron chi connectivity index (χ2n) is 4.26. The van der Waals surface area contributed by atoms with Crippen molar-refractivity contribution in [1.29, 1.82) is 0 Å². The molecule has 0 radical (unpaired) electrons. The molecular formula is C14H17ClFN3OS. The van der Waals surface area contributed by atoms with Gasteiger partial charge in [0.15, 0.2) is 0 Å². The van der Waals surface area contributed by atoms with E-state index in [0.29, 0.717) is 37.2 Å². The number of amides is 1. The molecular weight excluding hydrogens is 313 g/mol. The molecule has 3 N–H and O–H groups in total. The molecule has 0 unspecified atom stereocenters. The van der Waals surface area contributed by atoms with Gasteiger partial charge in [0.1, 0.15) is 11.5 Å². The number of rotatable bonds is 6. The van der Waals surface area contributed by atoms with Gasteiger partial charge in [0, 0.05) is 18.3 Å². The highest BCUT2D eigenvalue weighted by Gasteiger charge is 2.10. The summed E-state index contributed by atoms with van der Waals surface area (Å²) in [6, 6.07) is 6.55. The minimum absolute atomic E-state index is 0. The largest absolute Gasteiger partial charge is 0.350 e. The SMILES string of the molecule is Cl.NCCc1nc(C(=O)NCCc2ccccc2F)cs1. The molecule has 1 aromatic carbocycles. The summed E-state index contributed by atoms with van der Waals surface area (Å²) in [7, 11) is 0. The zero-order chi connectivity index (χ0) is 14.4. The lowest BCUT2D eigenvalue weighted by atomic mass is 10.1. The number of aromatic nitrogens is 1. The maximum atomic E-state index is 13.4. The number of benzene rings is 1. The number of thiazole rings is 1. The third kappa shape index (κ3) is 5.08. The van der Waals surface area contributed by atoms with Crippen LogP contribution in [0.4, 0.5) is 4.39 Å². The first-order valence-corrected chi connectivity index (χ1v) is 7.24. The number of carbonyl (C=O) groups excluding carboxylic acids is 1. The van der Waals surface area contributed by atoms with Gasteiger partial charge in [0.2, 0.25) is 0 Å². The molecule has 0 bridgehead atoms. The van der Waals surface area contributed by atoms with Crippen LogP contribution in [0.1, 0.15) is 21.1 Å². The number of nitrogens with one attached hydrogen (secondary N) is 1. The lowest BCUT2D eigenvalue weighted by Gasteiger charge is -2.04. The summed E-state index contributed by atoms with van der Waals surface area (Å²) < 4.78 is 13.4. The summed E-state index contributed by atoms with van der Waals surface area (Å²) in [5.74, 6) is -0.485. The van der Waals surface area contributed by atoms with Gasteiger partial charge < -0.3 is 11.1 Å². The highest BCUT2D eigenvalue weighted by Crippen LogP contribution is 2.10. The average molecular weight is 330 g/mol. The predicted octanol–water partition coefficient (Wildman–Crippen LogP) is 2.18. The fourth-order valence-corrected chi connectivity index (χ4v) is 2.55. The quantitative estimate of drug-likeness (QED) is 0.853. The van der Waals surface area contributed by atoms with Crippen LogP contribution >= 0.6 is 23.7 Å². The molecule has 0 saturated carbocycles. The highest BCUT2D eigenvalue weighted by molar-refractivity contribution is 7.09. The Hall–Kier alpha value is -1.50. The van der Waals surface area contributed by atoms with Crippen molar-refractivity contribution >= 4 is 29.7 Å². The fraction of sp³-hybridized carbons (Fsp3) is 0.286. The lowest BCUT2D eigenvalue weighted by molar-refractivity contribution is 0.0949. The second kappa shape index (κ2) is 8.71. The van der Waals surface area contributed by atoms with E-state index in [4.69, 9.17) is 5.73 Å². The van der Waals surface area contributed by atoms with E-state index >= 15 is 0 Å². The van der Waals surface area contributed by atoms with E-state index in [2.05, 4.69) is 10.3 Å². The standard InChI is InChI=1S/C14H16FN3OS.ClH/c15-11-4-2-1-3-10(11)6-8-17-14(19)12-9-20-13(18-12)5-7-16;/h1-4,9H,5-8,16H2,(H,17,19);1H. The number of hydrogen-bond acceptors (Lipinski definition) is 4. The first-order chi connectivity index (χ1) is 9.70. The molecule has 0 aliphatic carbocycles. The summed E-state index contributed by atoms with van der Waals surface area (Å²) in [6.45, 7) is 0.894. The van der Waals surface area contributed by atoms with Gasteiger partial charge in [-0.1, -0.05) is 18.2 Å². The van der Waals surface area contributed by atoms with Crippen molar-refractivity contribution in [3.05, 3.63) is 51.7 Å². The van der Waals surface area contributed by atoms with Crippen molar-refractivity contribution in [2.45, 2.75) is 12.8 Å². The van der Waals surface area contributed by atoms with Crippen LogP contribution in [-0.2, 0) is 12.8 Å². The number of nitrogens with two attached hydrogens (primary N) is 1. The van der Waals surface area contributed by atoms with Crippen LogP contribution in [0, 0.1) is 5.82 Å². The van der Waals surface area contributed by atoms with Gasteiger partial charge >= 0.3 is 0 Å². The van der Waals surface area contributed by atoms with Crippen molar-refractivity contribution in [3.63, 3.8) is 0 Å². The Morgan fingerprint density at radius 3 is 2.81 bits per heavy atom.